The van der Waals surface area contributed by atoms with E-state index in [2.05, 4.69) is 40.2 Å². The van der Waals surface area contributed by atoms with Crippen molar-refractivity contribution >= 4 is 27.7 Å². The first-order valence-corrected chi connectivity index (χ1v) is 7.75. The van der Waals surface area contributed by atoms with Gasteiger partial charge in [0.1, 0.15) is 5.75 Å². The summed E-state index contributed by atoms with van der Waals surface area (Å²) in [6.07, 6.45) is 0. The summed E-state index contributed by atoms with van der Waals surface area (Å²) in [6.45, 7) is 0.501. The van der Waals surface area contributed by atoms with Gasteiger partial charge in [-0.3, -0.25) is 0 Å². The third-order valence-corrected chi connectivity index (χ3v) is 4.90. The van der Waals surface area contributed by atoms with Crippen molar-refractivity contribution < 1.29 is 4.74 Å². The molecule has 0 bridgehead atoms. The molecule has 2 aromatic carbocycles. The van der Waals surface area contributed by atoms with Gasteiger partial charge >= 0.3 is 0 Å². The van der Waals surface area contributed by atoms with Crippen molar-refractivity contribution in [3.63, 3.8) is 0 Å². The molecular weight excluding hydrogens is 322 g/mol. The molecule has 0 aromatic heterocycles. The van der Waals surface area contributed by atoms with Crippen molar-refractivity contribution in [3.05, 3.63) is 58.1 Å². The largest absolute Gasteiger partial charge is 0.496 e. The van der Waals surface area contributed by atoms with Crippen molar-refractivity contribution in [1.82, 2.24) is 0 Å². The lowest BCUT2D eigenvalue weighted by atomic mass is 10.1. The summed E-state index contributed by atoms with van der Waals surface area (Å²) >= 11 is 5.36. The number of methoxy groups -OCH3 is 1. The Morgan fingerprint density at radius 3 is 2.68 bits per heavy atom. The Morgan fingerprint density at radius 2 is 2.00 bits per heavy atom. The maximum absolute atomic E-state index is 5.67. The van der Waals surface area contributed by atoms with Crippen LogP contribution in [0.15, 0.2) is 51.8 Å². The van der Waals surface area contributed by atoms with E-state index in [1.165, 1.54) is 10.5 Å². The highest BCUT2D eigenvalue weighted by molar-refractivity contribution is 9.10. The highest BCUT2D eigenvalue weighted by Gasteiger charge is 2.05. The Balaban J connectivity index is 2.10. The lowest BCUT2D eigenvalue weighted by molar-refractivity contribution is 0.409. The van der Waals surface area contributed by atoms with E-state index >= 15 is 0 Å². The van der Waals surface area contributed by atoms with Gasteiger partial charge in [-0.25, -0.2) is 0 Å². The van der Waals surface area contributed by atoms with Crippen LogP contribution in [0.3, 0.4) is 0 Å². The van der Waals surface area contributed by atoms with Crippen molar-refractivity contribution in [1.29, 1.82) is 0 Å². The monoisotopic (exact) mass is 337 g/mol. The standard InChI is InChI=1S/C15H16BrNOS/c1-18-14-8-11(6-7-12(14)9-17)10-19-15-5-3-2-4-13(15)16/h2-8H,9-10,17H2,1H3. The fourth-order valence-corrected chi connectivity index (χ4v) is 3.28. The predicted octanol–water partition coefficient (Wildman–Crippen LogP) is 4.21. The molecule has 2 nitrogen and oxygen atoms in total. The van der Waals surface area contributed by atoms with Gasteiger partial charge in [0.05, 0.1) is 7.11 Å². The normalized spacial score (nSPS) is 10.5. The number of thioether (sulfide) groups is 1. The van der Waals surface area contributed by atoms with E-state index in [0.29, 0.717) is 6.54 Å². The molecule has 0 heterocycles. The molecule has 0 spiro atoms. The first kappa shape index (κ1) is 14.4. The van der Waals surface area contributed by atoms with Crippen LogP contribution in [0, 0.1) is 0 Å². The summed E-state index contributed by atoms with van der Waals surface area (Å²) in [5.41, 5.74) is 7.94. The molecule has 0 saturated heterocycles. The van der Waals surface area contributed by atoms with Gasteiger partial charge in [0, 0.05) is 27.2 Å². The number of ether oxygens (including phenoxy) is 1. The van der Waals surface area contributed by atoms with Gasteiger partial charge in [0.2, 0.25) is 0 Å². The van der Waals surface area contributed by atoms with Crippen LogP contribution in [0.5, 0.6) is 5.75 Å². The average molecular weight is 338 g/mol. The first-order chi connectivity index (χ1) is 9.24. The molecule has 0 aliphatic rings. The number of nitrogens with two attached hydrogens (primary N) is 1. The molecule has 0 saturated carbocycles. The smallest absolute Gasteiger partial charge is 0.123 e. The van der Waals surface area contributed by atoms with E-state index in [1.54, 1.807) is 18.9 Å². The van der Waals surface area contributed by atoms with Gasteiger partial charge in [-0.1, -0.05) is 24.3 Å². The van der Waals surface area contributed by atoms with E-state index < -0.39 is 0 Å². The summed E-state index contributed by atoms with van der Waals surface area (Å²) < 4.78 is 6.48. The van der Waals surface area contributed by atoms with Crippen LogP contribution in [0.2, 0.25) is 0 Å². The molecule has 4 heteroatoms. The molecule has 0 atom stereocenters. The lowest BCUT2D eigenvalue weighted by Gasteiger charge is -2.09. The Morgan fingerprint density at radius 1 is 1.21 bits per heavy atom. The number of benzene rings is 2. The number of hydrogen-bond donors (Lipinski definition) is 1. The van der Waals surface area contributed by atoms with E-state index in [9.17, 15) is 0 Å². The molecule has 2 N–H and O–H groups in total. The summed E-state index contributed by atoms with van der Waals surface area (Å²) in [4.78, 5) is 1.24. The fourth-order valence-electron chi connectivity index (χ4n) is 1.77. The Kier molecular flexibility index (Phi) is 5.31. The van der Waals surface area contributed by atoms with Crippen molar-refractivity contribution in [2.24, 2.45) is 5.73 Å². The van der Waals surface area contributed by atoms with Crippen molar-refractivity contribution in [2.75, 3.05) is 7.11 Å². The summed E-state index contributed by atoms with van der Waals surface area (Å²) in [6, 6.07) is 14.4. The predicted molar refractivity (Wildman–Crippen MR) is 84.6 cm³/mol. The molecule has 2 rings (SSSR count). The second-order valence-electron chi connectivity index (χ2n) is 4.07. The average Bonchev–Trinajstić information content (AvgIpc) is 2.46. The molecule has 100 valence electrons. The van der Waals surface area contributed by atoms with Gasteiger partial charge in [-0.05, 0) is 39.7 Å². The highest BCUT2D eigenvalue weighted by Crippen LogP contribution is 2.31. The molecular formula is C15H16BrNOS. The third kappa shape index (κ3) is 3.75. The minimum Gasteiger partial charge on any atom is -0.496 e. The van der Waals surface area contributed by atoms with Gasteiger partial charge in [-0.2, -0.15) is 0 Å². The minimum atomic E-state index is 0.501. The van der Waals surface area contributed by atoms with E-state index in [-0.39, 0.29) is 0 Å². The SMILES string of the molecule is COc1cc(CSc2ccccc2Br)ccc1CN. The zero-order chi connectivity index (χ0) is 13.7. The Labute approximate surface area is 126 Å². The minimum absolute atomic E-state index is 0.501. The maximum atomic E-state index is 5.67. The number of hydrogen-bond acceptors (Lipinski definition) is 3. The Bertz CT molecular complexity index is 560. The maximum Gasteiger partial charge on any atom is 0.123 e. The summed E-state index contributed by atoms with van der Waals surface area (Å²) in [7, 11) is 1.68. The topological polar surface area (TPSA) is 35.2 Å². The van der Waals surface area contributed by atoms with Gasteiger partial charge in [0.15, 0.2) is 0 Å². The van der Waals surface area contributed by atoms with Crippen LogP contribution in [-0.2, 0) is 12.3 Å². The molecule has 0 aliphatic heterocycles. The zero-order valence-electron chi connectivity index (χ0n) is 10.7. The second-order valence-corrected chi connectivity index (χ2v) is 5.94. The van der Waals surface area contributed by atoms with Crippen LogP contribution >= 0.6 is 27.7 Å². The number of halogens is 1. The van der Waals surface area contributed by atoms with Crippen LogP contribution in [-0.4, -0.2) is 7.11 Å². The highest BCUT2D eigenvalue weighted by atomic mass is 79.9. The van der Waals surface area contributed by atoms with Crippen LogP contribution < -0.4 is 10.5 Å². The van der Waals surface area contributed by atoms with Crippen LogP contribution in [0.4, 0.5) is 0 Å². The van der Waals surface area contributed by atoms with Crippen LogP contribution in [0.25, 0.3) is 0 Å². The molecule has 0 fully saturated rings. The molecule has 0 radical (unpaired) electrons. The van der Waals surface area contributed by atoms with Crippen molar-refractivity contribution in [2.45, 2.75) is 17.2 Å². The second kappa shape index (κ2) is 6.98. The molecule has 2 aromatic rings. The van der Waals surface area contributed by atoms with Gasteiger partial charge in [-0.15, -0.1) is 11.8 Å². The number of rotatable bonds is 5. The van der Waals surface area contributed by atoms with E-state index in [0.717, 1.165) is 21.5 Å². The molecule has 0 aliphatic carbocycles. The fraction of sp³-hybridized carbons (Fsp3) is 0.200. The molecule has 0 unspecified atom stereocenters. The van der Waals surface area contributed by atoms with E-state index in [1.807, 2.05) is 18.2 Å². The van der Waals surface area contributed by atoms with E-state index in [4.69, 9.17) is 10.5 Å². The van der Waals surface area contributed by atoms with Gasteiger partial charge in [0.25, 0.3) is 0 Å². The molecule has 0 amide bonds. The zero-order valence-corrected chi connectivity index (χ0v) is 13.1. The quantitative estimate of drug-likeness (QED) is 0.830. The van der Waals surface area contributed by atoms with Crippen LogP contribution in [0.1, 0.15) is 11.1 Å². The molecule has 19 heavy (non-hydrogen) atoms. The Hall–Kier alpha value is -0.970. The van der Waals surface area contributed by atoms with Crippen molar-refractivity contribution in [3.8, 4) is 5.75 Å². The third-order valence-electron chi connectivity index (χ3n) is 2.80. The lowest BCUT2D eigenvalue weighted by Crippen LogP contribution is -2.00. The summed E-state index contributed by atoms with van der Waals surface area (Å²) in [5.74, 6) is 1.77. The van der Waals surface area contributed by atoms with Gasteiger partial charge < -0.3 is 10.5 Å². The summed E-state index contributed by atoms with van der Waals surface area (Å²) in [5, 5.41) is 0. The first-order valence-electron chi connectivity index (χ1n) is 5.97.